The Morgan fingerprint density at radius 1 is 0.810 bits per heavy atom. The summed E-state index contributed by atoms with van der Waals surface area (Å²) in [6.45, 7) is 11.0. The summed E-state index contributed by atoms with van der Waals surface area (Å²) >= 11 is 0. The zero-order valence-corrected chi connectivity index (χ0v) is 15.6. The number of rotatable bonds is 12. The Bertz CT molecular complexity index is 353. The van der Waals surface area contributed by atoms with Gasteiger partial charge in [0.1, 0.15) is 0 Å². The molecule has 128 valence electrons. The van der Waals surface area contributed by atoms with Crippen molar-refractivity contribution in [3.63, 3.8) is 0 Å². The third-order valence-electron chi connectivity index (χ3n) is 2.63. The molecule has 0 aromatic heterocycles. The highest BCUT2D eigenvalue weighted by molar-refractivity contribution is 7.67. The van der Waals surface area contributed by atoms with E-state index >= 15 is 0 Å². The zero-order valence-electron chi connectivity index (χ0n) is 13.8. The van der Waals surface area contributed by atoms with E-state index in [0.29, 0.717) is 12.8 Å². The molecule has 0 bridgehead atoms. The van der Waals surface area contributed by atoms with Gasteiger partial charge >= 0.3 is 15.5 Å². The van der Waals surface area contributed by atoms with Gasteiger partial charge < -0.3 is 0 Å². The van der Waals surface area contributed by atoms with Gasteiger partial charge in [-0.05, 0) is 40.5 Å². The fraction of sp³-hybridized carbons (Fsp3) is 1.00. The summed E-state index contributed by atoms with van der Waals surface area (Å²) in [5, 5.41) is 0. The molecule has 21 heavy (non-hydrogen) atoms. The van der Waals surface area contributed by atoms with Crippen molar-refractivity contribution in [1.82, 2.24) is 4.86 Å². The summed E-state index contributed by atoms with van der Waals surface area (Å²) in [5.74, 6) is 0. The Kier molecular flexibility index (Phi) is 10.2. The second kappa shape index (κ2) is 10.1. The second-order valence-corrected chi connectivity index (χ2v) is 8.31. The third kappa shape index (κ3) is 8.46. The molecule has 0 aromatic carbocycles. The maximum Gasteiger partial charge on any atom is 0.415 e. The molecule has 0 aliphatic heterocycles. The number of hydrogen-bond donors (Lipinski definition) is 1. The first-order chi connectivity index (χ1) is 9.74. The van der Waals surface area contributed by atoms with Crippen molar-refractivity contribution in [3.8, 4) is 0 Å². The first-order valence-electron chi connectivity index (χ1n) is 7.39. The van der Waals surface area contributed by atoms with Gasteiger partial charge in [-0.15, -0.1) is 4.86 Å². The molecule has 9 heteroatoms. The monoisotopic (exact) mass is 345 g/mol. The Morgan fingerprint density at radius 2 is 1.19 bits per heavy atom. The van der Waals surface area contributed by atoms with Crippen molar-refractivity contribution < 1.29 is 27.2 Å². The summed E-state index contributed by atoms with van der Waals surface area (Å²) in [7, 11) is -7.55. The van der Waals surface area contributed by atoms with Crippen molar-refractivity contribution in [2.75, 3.05) is 13.2 Å². The van der Waals surface area contributed by atoms with E-state index < -0.39 is 15.5 Å². The molecule has 0 radical (unpaired) electrons. The number of nitrogens with one attached hydrogen (secondary N) is 1. The fourth-order valence-corrected chi connectivity index (χ4v) is 5.37. The predicted octanol–water partition coefficient (Wildman–Crippen LogP) is 4.50. The minimum atomic E-state index is -3.81. The third-order valence-corrected chi connectivity index (χ3v) is 7.06. The van der Waals surface area contributed by atoms with Crippen LogP contribution in [0.3, 0.4) is 0 Å². The van der Waals surface area contributed by atoms with E-state index in [4.69, 9.17) is 18.1 Å². The summed E-state index contributed by atoms with van der Waals surface area (Å²) in [6.07, 6.45) is 0.653. The Balaban J connectivity index is 5.18. The van der Waals surface area contributed by atoms with Crippen LogP contribution in [-0.4, -0.2) is 25.4 Å². The SMILES string of the molecule is CCOP(=O)(NP(=O)(OC(C)CC)OC(C)CC)OCC. The Morgan fingerprint density at radius 3 is 1.48 bits per heavy atom. The first-order valence-corrected chi connectivity index (χ1v) is 10.5. The molecule has 2 atom stereocenters. The van der Waals surface area contributed by atoms with E-state index in [-0.39, 0.29) is 25.4 Å². The molecule has 0 aliphatic carbocycles. The lowest BCUT2D eigenvalue weighted by atomic mass is 10.3. The normalized spacial score (nSPS) is 18.2. The summed E-state index contributed by atoms with van der Waals surface area (Å²) < 4.78 is 46.4. The lowest BCUT2D eigenvalue weighted by molar-refractivity contribution is 0.117. The largest absolute Gasteiger partial charge is 0.415 e. The lowest BCUT2D eigenvalue weighted by Gasteiger charge is -2.27. The molecular weight excluding hydrogens is 316 g/mol. The van der Waals surface area contributed by atoms with Crippen LogP contribution >= 0.6 is 15.5 Å². The average molecular weight is 345 g/mol. The molecule has 0 fully saturated rings. The van der Waals surface area contributed by atoms with Gasteiger partial charge in [-0.2, -0.15) is 0 Å². The molecule has 0 saturated carbocycles. The molecule has 2 unspecified atom stereocenters. The fourth-order valence-electron chi connectivity index (χ4n) is 1.28. The van der Waals surface area contributed by atoms with Gasteiger partial charge in [0.15, 0.2) is 0 Å². The summed E-state index contributed by atoms with van der Waals surface area (Å²) in [5.41, 5.74) is 0. The van der Waals surface area contributed by atoms with Crippen molar-refractivity contribution >= 4 is 15.5 Å². The minimum absolute atomic E-state index is 0.150. The standard InChI is InChI=1S/C12H29NO6P2/c1-7-11(5)18-21(15,19-12(6)8-2)13-20(14,16-9-3)17-10-4/h11-12H,7-10H2,1-6H3,(H,13,14,15). The molecular formula is C12H29NO6P2. The quantitative estimate of drug-likeness (QED) is 0.522. The van der Waals surface area contributed by atoms with Gasteiger partial charge in [0.05, 0.1) is 25.4 Å². The molecule has 7 nitrogen and oxygen atoms in total. The highest BCUT2D eigenvalue weighted by atomic mass is 31.3. The molecule has 0 aliphatic rings. The highest BCUT2D eigenvalue weighted by Crippen LogP contribution is 2.59. The van der Waals surface area contributed by atoms with E-state index in [2.05, 4.69) is 4.86 Å². The second-order valence-electron chi connectivity index (χ2n) is 4.58. The van der Waals surface area contributed by atoms with Crippen molar-refractivity contribution in [2.45, 2.75) is 66.6 Å². The lowest BCUT2D eigenvalue weighted by Crippen LogP contribution is -2.21. The maximum atomic E-state index is 12.8. The summed E-state index contributed by atoms with van der Waals surface area (Å²) in [4.78, 5) is 2.36. The van der Waals surface area contributed by atoms with Crippen LogP contribution < -0.4 is 4.86 Å². The molecule has 0 saturated heterocycles. The maximum absolute atomic E-state index is 12.8. The van der Waals surface area contributed by atoms with E-state index in [0.717, 1.165) is 0 Å². The topological polar surface area (TPSA) is 83.1 Å². The first kappa shape index (κ1) is 21.3. The Labute approximate surface area is 128 Å². The van der Waals surface area contributed by atoms with E-state index in [9.17, 15) is 9.13 Å². The van der Waals surface area contributed by atoms with Crippen LogP contribution in [0.5, 0.6) is 0 Å². The van der Waals surface area contributed by atoms with Gasteiger partial charge in [-0.25, -0.2) is 9.13 Å². The van der Waals surface area contributed by atoms with Crippen LogP contribution in [-0.2, 0) is 27.2 Å². The van der Waals surface area contributed by atoms with Crippen LogP contribution in [0.2, 0.25) is 0 Å². The van der Waals surface area contributed by atoms with Crippen LogP contribution in [0.4, 0.5) is 0 Å². The molecule has 0 aromatic rings. The van der Waals surface area contributed by atoms with Crippen LogP contribution in [0.25, 0.3) is 0 Å². The number of hydrogen-bond acceptors (Lipinski definition) is 6. The molecule has 0 heterocycles. The van der Waals surface area contributed by atoms with Crippen molar-refractivity contribution in [3.05, 3.63) is 0 Å². The molecule has 0 rings (SSSR count). The van der Waals surface area contributed by atoms with Gasteiger partial charge in [0.25, 0.3) is 0 Å². The zero-order chi connectivity index (χ0) is 16.5. The van der Waals surface area contributed by atoms with E-state index in [1.54, 1.807) is 27.7 Å². The minimum Gasteiger partial charge on any atom is -0.297 e. The van der Waals surface area contributed by atoms with Crippen LogP contribution in [0.15, 0.2) is 0 Å². The van der Waals surface area contributed by atoms with Gasteiger partial charge in [0.2, 0.25) is 0 Å². The molecule has 1 N–H and O–H groups in total. The smallest absolute Gasteiger partial charge is 0.297 e. The molecule has 0 amide bonds. The van der Waals surface area contributed by atoms with E-state index in [1.807, 2.05) is 13.8 Å². The van der Waals surface area contributed by atoms with Gasteiger partial charge in [-0.1, -0.05) is 13.8 Å². The van der Waals surface area contributed by atoms with Crippen LogP contribution in [0.1, 0.15) is 54.4 Å². The highest BCUT2D eigenvalue weighted by Gasteiger charge is 2.39. The molecule has 0 spiro atoms. The predicted molar refractivity (Wildman–Crippen MR) is 83.3 cm³/mol. The van der Waals surface area contributed by atoms with Gasteiger partial charge in [0, 0.05) is 0 Å². The van der Waals surface area contributed by atoms with E-state index in [1.165, 1.54) is 0 Å². The van der Waals surface area contributed by atoms with Crippen molar-refractivity contribution in [2.24, 2.45) is 0 Å². The Hall–Kier alpha value is 0.260. The van der Waals surface area contributed by atoms with Crippen LogP contribution in [0, 0.1) is 0 Å². The average Bonchev–Trinajstić information content (AvgIpc) is 2.37. The van der Waals surface area contributed by atoms with Gasteiger partial charge in [-0.3, -0.25) is 18.1 Å². The van der Waals surface area contributed by atoms with Crippen molar-refractivity contribution in [1.29, 1.82) is 0 Å². The summed E-state index contributed by atoms with van der Waals surface area (Å²) in [6, 6.07) is 0.